The lowest BCUT2D eigenvalue weighted by Crippen LogP contribution is -2.56. The largest absolute Gasteiger partial charge is 0.462 e. The van der Waals surface area contributed by atoms with Crippen molar-refractivity contribution < 1.29 is 27.4 Å². The molecule has 2 fully saturated rings. The molecule has 0 N–H and O–H groups in total. The van der Waals surface area contributed by atoms with Crippen LogP contribution in [0.15, 0.2) is 18.2 Å². The van der Waals surface area contributed by atoms with Crippen LogP contribution in [0.3, 0.4) is 0 Å². The molecule has 0 saturated carbocycles. The Labute approximate surface area is 269 Å². The zero-order valence-electron chi connectivity index (χ0n) is 27.4. The second kappa shape index (κ2) is 13.5. The third-order valence-electron chi connectivity index (χ3n) is 9.01. The molecule has 1 unspecified atom stereocenters. The van der Waals surface area contributed by atoms with Gasteiger partial charge in [-0.15, -0.1) is 0 Å². The van der Waals surface area contributed by atoms with Gasteiger partial charge in [0.25, 0.3) is 0 Å². The van der Waals surface area contributed by atoms with E-state index in [2.05, 4.69) is 22.9 Å². The smallest absolute Gasteiger partial charge is 0.416 e. The first-order chi connectivity index (χ1) is 21.7. The van der Waals surface area contributed by atoms with Crippen LogP contribution < -0.4 is 14.5 Å². The van der Waals surface area contributed by atoms with E-state index in [-0.39, 0.29) is 24.0 Å². The van der Waals surface area contributed by atoms with E-state index in [0.29, 0.717) is 69.4 Å². The van der Waals surface area contributed by atoms with Gasteiger partial charge in [0.05, 0.1) is 36.3 Å². The molecule has 0 spiro atoms. The van der Waals surface area contributed by atoms with Crippen molar-refractivity contribution in [1.82, 2.24) is 19.8 Å². The average Bonchev–Trinajstić information content (AvgIpc) is 3.26. The van der Waals surface area contributed by atoms with E-state index in [0.717, 1.165) is 31.0 Å². The molecule has 1 aromatic carbocycles. The predicted molar refractivity (Wildman–Crippen MR) is 168 cm³/mol. The summed E-state index contributed by atoms with van der Waals surface area (Å²) in [7, 11) is 2.07. The summed E-state index contributed by atoms with van der Waals surface area (Å²) >= 11 is 0. The van der Waals surface area contributed by atoms with E-state index in [9.17, 15) is 23.2 Å². The Kier molecular flexibility index (Phi) is 9.86. The van der Waals surface area contributed by atoms with Gasteiger partial charge in [-0.05, 0) is 84.7 Å². The number of carbonyl (C=O) groups excluding carboxylic acids is 1. The number of nitrogens with zero attached hydrogens (tertiary/aromatic N) is 7. The number of benzene rings is 1. The minimum atomic E-state index is -4.45. The average molecular weight is 644 g/mol. The molecule has 13 heteroatoms. The fourth-order valence-corrected chi connectivity index (χ4v) is 6.64. The van der Waals surface area contributed by atoms with Gasteiger partial charge in [-0.2, -0.15) is 28.4 Å². The van der Waals surface area contributed by atoms with E-state index in [4.69, 9.17) is 19.4 Å². The number of amides is 1. The number of fused-ring (bicyclic) bond motifs is 1. The van der Waals surface area contributed by atoms with Gasteiger partial charge in [-0.1, -0.05) is 6.07 Å². The lowest BCUT2D eigenvalue weighted by atomic mass is 10.0. The highest BCUT2D eigenvalue weighted by atomic mass is 19.4. The number of rotatable bonds is 6. The summed E-state index contributed by atoms with van der Waals surface area (Å²) in [5, 5.41) is 9.63. The van der Waals surface area contributed by atoms with Crippen molar-refractivity contribution in [3.8, 4) is 12.1 Å². The number of halogens is 3. The second-order valence-electron chi connectivity index (χ2n) is 13.5. The van der Waals surface area contributed by atoms with Crippen LogP contribution in [0.1, 0.15) is 68.8 Å². The molecule has 1 aromatic heterocycles. The van der Waals surface area contributed by atoms with Crippen molar-refractivity contribution in [3.05, 3.63) is 40.6 Å². The molecule has 0 radical (unpaired) electrons. The lowest BCUT2D eigenvalue weighted by Gasteiger charge is -2.42. The molecule has 250 valence electrons. The molecule has 46 heavy (non-hydrogen) atoms. The Morgan fingerprint density at radius 3 is 2.52 bits per heavy atom. The predicted octanol–water partition coefficient (Wildman–Crippen LogP) is 5.57. The Balaban J connectivity index is 1.48. The number of hydrogen-bond donors (Lipinski definition) is 0. The number of aromatic nitrogens is 2. The number of anilines is 2. The molecule has 2 saturated heterocycles. The van der Waals surface area contributed by atoms with Gasteiger partial charge in [0.15, 0.2) is 0 Å². The minimum Gasteiger partial charge on any atom is -0.462 e. The van der Waals surface area contributed by atoms with E-state index < -0.39 is 29.5 Å². The fraction of sp³-hybridized carbons (Fsp3) is 0.636. The van der Waals surface area contributed by atoms with Crippen LogP contribution in [0.4, 0.5) is 29.5 Å². The van der Waals surface area contributed by atoms with E-state index >= 15 is 0 Å². The maximum Gasteiger partial charge on any atom is 0.416 e. The first kappa shape index (κ1) is 33.6. The van der Waals surface area contributed by atoms with Crippen LogP contribution >= 0.6 is 0 Å². The molecular weight excluding hydrogens is 599 g/mol. The summed E-state index contributed by atoms with van der Waals surface area (Å²) in [4.78, 5) is 30.7. The number of alkyl halides is 3. The van der Waals surface area contributed by atoms with Crippen LogP contribution in [0.25, 0.3) is 0 Å². The number of likely N-dealkylation sites (tertiary alicyclic amines) is 1. The molecule has 1 amide bonds. The first-order valence-corrected chi connectivity index (χ1v) is 16.0. The van der Waals surface area contributed by atoms with Crippen molar-refractivity contribution >= 4 is 17.6 Å². The molecule has 10 nitrogen and oxygen atoms in total. The molecule has 0 aliphatic carbocycles. The molecule has 3 aliphatic rings. The number of carbonyl (C=O) groups is 1. The zero-order chi connectivity index (χ0) is 33.2. The summed E-state index contributed by atoms with van der Waals surface area (Å²) in [6.07, 6.45) is -1.36. The van der Waals surface area contributed by atoms with Gasteiger partial charge in [0.1, 0.15) is 18.0 Å². The number of piperazine rings is 1. The highest BCUT2D eigenvalue weighted by Gasteiger charge is 2.37. The summed E-state index contributed by atoms with van der Waals surface area (Å²) in [6.45, 7) is 10.4. The topological polar surface area (TPSA) is 98.1 Å². The number of nitriles is 1. The second-order valence-corrected chi connectivity index (χ2v) is 13.5. The number of likely N-dealkylation sites (N-methyl/N-ethyl adjacent to an activating group) is 1. The van der Waals surface area contributed by atoms with E-state index in [1.807, 2.05) is 25.7 Å². The minimum absolute atomic E-state index is 0.128. The van der Waals surface area contributed by atoms with Crippen molar-refractivity contribution in [2.45, 2.75) is 90.2 Å². The third-order valence-corrected chi connectivity index (χ3v) is 9.01. The third kappa shape index (κ3) is 7.60. The maximum atomic E-state index is 13.8. The molecule has 3 aliphatic heterocycles. The molecule has 0 bridgehead atoms. The SMILES string of the molecule is Cc1c(N2CCCc3c(nc(OC[C@@H]4CCCN4C)nc3N3CCN(C(=O)OC(C)(C)C)C(CC#N)C3)C2)cccc1C(F)(F)F. The summed E-state index contributed by atoms with van der Waals surface area (Å²) in [6, 6.07) is 6.57. The van der Waals surface area contributed by atoms with Crippen molar-refractivity contribution in [2.24, 2.45) is 0 Å². The number of ether oxygens (including phenoxy) is 2. The summed E-state index contributed by atoms with van der Waals surface area (Å²) < 4.78 is 53.2. The highest BCUT2D eigenvalue weighted by Crippen LogP contribution is 2.38. The Hall–Kier alpha value is -3.79. The van der Waals surface area contributed by atoms with Gasteiger partial charge >= 0.3 is 18.3 Å². The Morgan fingerprint density at radius 2 is 1.85 bits per heavy atom. The van der Waals surface area contributed by atoms with Gasteiger partial charge in [0.2, 0.25) is 0 Å². The molecule has 2 aromatic rings. The van der Waals surface area contributed by atoms with Gasteiger partial charge in [-0.25, -0.2) is 4.79 Å². The van der Waals surface area contributed by atoms with Crippen LogP contribution in [0, 0.1) is 18.3 Å². The monoisotopic (exact) mass is 643 g/mol. The quantitative estimate of drug-likeness (QED) is 0.400. The standard InChI is InChI=1S/C33H44F3N7O3/c1-22-26(33(34,35)36)11-6-12-28(22)41-16-8-10-25-27(20-41)38-30(45-21-24-9-7-15-40(24)5)39-29(25)42-17-18-43(23(19-42)13-14-37)31(44)46-32(2,3)4/h6,11-12,23-24H,7-10,13,15-21H2,1-5H3/t23?,24-/m0/s1. The first-order valence-electron chi connectivity index (χ1n) is 16.0. The molecular formula is C33H44F3N7O3. The van der Waals surface area contributed by atoms with E-state index in [1.54, 1.807) is 11.0 Å². The van der Waals surface area contributed by atoms with Crippen molar-refractivity contribution in [1.29, 1.82) is 5.26 Å². The Bertz CT molecular complexity index is 1460. The number of hydrogen-bond acceptors (Lipinski definition) is 9. The van der Waals surface area contributed by atoms with Crippen LogP contribution in [0.5, 0.6) is 6.01 Å². The van der Waals surface area contributed by atoms with Crippen molar-refractivity contribution in [3.63, 3.8) is 0 Å². The Morgan fingerprint density at radius 1 is 1.07 bits per heavy atom. The van der Waals surface area contributed by atoms with Gasteiger partial charge < -0.3 is 29.1 Å². The zero-order valence-corrected chi connectivity index (χ0v) is 27.4. The molecule has 5 rings (SSSR count). The summed E-state index contributed by atoms with van der Waals surface area (Å²) in [5.74, 6) is 0.689. The molecule has 4 heterocycles. The molecule has 2 atom stereocenters. The van der Waals surface area contributed by atoms with Gasteiger partial charge in [0, 0.05) is 43.5 Å². The lowest BCUT2D eigenvalue weighted by molar-refractivity contribution is -0.138. The fourth-order valence-electron chi connectivity index (χ4n) is 6.64. The van der Waals surface area contributed by atoms with Crippen LogP contribution in [-0.4, -0.2) is 89.9 Å². The van der Waals surface area contributed by atoms with E-state index in [1.165, 1.54) is 13.0 Å². The normalized spacial score (nSPS) is 21.1. The van der Waals surface area contributed by atoms with Crippen molar-refractivity contribution in [2.75, 3.05) is 56.2 Å². The highest BCUT2D eigenvalue weighted by molar-refractivity contribution is 5.69. The van der Waals surface area contributed by atoms with Gasteiger partial charge in [-0.3, -0.25) is 0 Å². The maximum absolute atomic E-state index is 13.8. The van der Waals surface area contributed by atoms with Crippen LogP contribution in [0.2, 0.25) is 0 Å². The van der Waals surface area contributed by atoms with Crippen LogP contribution in [-0.2, 0) is 23.9 Å². The summed E-state index contributed by atoms with van der Waals surface area (Å²) in [5.41, 5.74) is 1.02.